The van der Waals surface area contributed by atoms with Gasteiger partial charge in [0.05, 0.1) is 17.6 Å². The third kappa shape index (κ3) is 6.45. The fourth-order valence-electron chi connectivity index (χ4n) is 4.09. The first-order chi connectivity index (χ1) is 15.8. The Bertz CT molecular complexity index is 983. The molecule has 0 unspecified atom stereocenters. The summed E-state index contributed by atoms with van der Waals surface area (Å²) in [6, 6.07) is 10.8. The molecule has 0 bridgehead atoms. The maximum atomic E-state index is 12.5. The number of anilines is 2. The Balaban J connectivity index is 1.33. The van der Waals surface area contributed by atoms with Gasteiger partial charge in [-0.25, -0.2) is 0 Å². The molecular formula is C23H25ClF3N3O3. The van der Waals surface area contributed by atoms with Crippen molar-refractivity contribution in [3.63, 3.8) is 0 Å². The third-order valence-electron chi connectivity index (χ3n) is 5.68. The molecule has 2 N–H and O–H groups in total. The number of ether oxygens (including phenoxy) is 2. The van der Waals surface area contributed by atoms with E-state index in [1.54, 1.807) is 24.3 Å². The topological polar surface area (TPSA) is 62.8 Å². The Morgan fingerprint density at radius 2 is 2.00 bits per heavy atom. The number of nitrogens with zero attached hydrogens (tertiary/aromatic N) is 1. The van der Waals surface area contributed by atoms with Gasteiger partial charge in [-0.3, -0.25) is 4.79 Å². The van der Waals surface area contributed by atoms with E-state index in [1.807, 2.05) is 4.90 Å². The van der Waals surface area contributed by atoms with Gasteiger partial charge in [0.1, 0.15) is 17.6 Å². The lowest BCUT2D eigenvalue weighted by Gasteiger charge is -2.23. The van der Waals surface area contributed by atoms with Gasteiger partial charge in [0.15, 0.2) is 0 Å². The molecule has 2 aromatic rings. The second kappa shape index (κ2) is 10.1. The molecule has 4 rings (SSSR count). The fourth-order valence-corrected chi connectivity index (χ4v) is 4.32. The number of carbonyl (C=O) groups excluding carboxylic acids is 1. The Labute approximate surface area is 195 Å². The average Bonchev–Trinajstić information content (AvgIpc) is 3.24. The van der Waals surface area contributed by atoms with Crippen LogP contribution in [0.1, 0.15) is 25.7 Å². The summed E-state index contributed by atoms with van der Waals surface area (Å²) in [7, 11) is 0. The zero-order valence-corrected chi connectivity index (χ0v) is 18.6. The number of halogens is 4. The van der Waals surface area contributed by atoms with Gasteiger partial charge in [0, 0.05) is 30.4 Å². The molecule has 6 nitrogen and oxygen atoms in total. The first-order valence-electron chi connectivity index (χ1n) is 10.9. The van der Waals surface area contributed by atoms with Crippen molar-refractivity contribution >= 4 is 28.9 Å². The largest absolute Gasteiger partial charge is 0.573 e. The predicted octanol–water partition coefficient (Wildman–Crippen LogP) is 4.98. The minimum atomic E-state index is -4.73. The van der Waals surface area contributed by atoms with Crippen LogP contribution in [0.15, 0.2) is 42.5 Å². The number of alkyl halides is 3. The molecule has 2 aromatic carbocycles. The lowest BCUT2D eigenvalue weighted by molar-refractivity contribution is -0.274. The molecule has 2 aliphatic heterocycles. The minimum absolute atomic E-state index is 0.0809. The van der Waals surface area contributed by atoms with E-state index in [9.17, 15) is 18.0 Å². The Hall–Kier alpha value is -2.65. The van der Waals surface area contributed by atoms with Crippen LogP contribution < -0.4 is 25.0 Å². The molecule has 10 heteroatoms. The summed E-state index contributed by atoms with van der Waals surface area (Å²) in [5.74, 6) is 0.155. The lowest BCUT2D eigenvalue weighted by Crippen LogP contribution is -2.43. The molecule has 0 aromatic heterocycles. The van der Waals surface area contributed by atoms with Crippen molar-refractivity contribution in [1.29, 1.82) is 0 Å². The molecule has 0 aliphatic carbocycles. The fraction of sp³-hybridized carbons (Fsp3) is 0.435. The van der Waals surface area contributed by atoms with Crippen molar-refractivity contribution < 1.29 is 27.4 Å². The maximum Gasteiger partial charge on any atom is 0.573 e. The van der Waals surface area contributed by atoms with Crippen molar-refractivity contribution in [1.82, 2.24) is 5.32 Å². The van der Waals surface area contributed by atoms with Crippen molar-refractivity contribution in [2.75, 3.05) is 29.9 Å². The molecule has 2 fully saturated rings. The highest BCUT2D eigenvalue weighted by atomic mass is 35.5. The second-order valence-corrected chi connectivity index (χ2v) is 8.56. The summed E-state index contributed by atoms with van der Waals surface area (Å²) in [6.07, 6.45) is -1.31. The Kier molecular flexibility index (Phi) is 7.19. The molecule has 1 amide bonds. The number of benzene rings is 2. The molecule has 0 saturated carbocycles. The van der Waals surface area contributed by atoms with Gasteiger partial charge in [0.25, 0.3) is 0 Å². The predicted molar refractivity (Wildman–Crippen MR) is 120 cm³/mol. The van der Waals surface area contributed by atoms with E-state index in [0.717, 1.165) is 25.8 Å². The standard InChI is InChI=1S/C23H25ClF3N3O3/c24-19-12-15(29-22(31)20-6-1-2-10-28-20)7-8-21(19)32-18-9-11-30(14-18)16-4-3-5-17(13-16)33-23(25,26)27/h3-5,7-8,12-13,18,20,28H,1-2,6,9-11,14H2,(H,29,31)/t18-,20+/m0/s1. The number of amides is 1. The summed E-state index contributed by atoms with van der Waals surface area (Å²) >= 11 is 6.38. The van der Waals surface area contributed by atoms with Crippen LogP contribution in [-0.4, -0.2) is 44.0 Å². The highest BCUT2D eigenvalue weighted by Gasteiger charge is 2.32. The van der Waals surface area contributed by atoms with E-state index >= 15 is 0 Å². The molecule has 0 spiro atoms. The maximum absolute atomic E-state index is 12.5. The molecule has 2 saturated heterocycles. The van der Waals surface area contributed by atoms with E-state index in [1.165, 1.54) is 18.2 Å². The van der Waals surface area contributed by atoms with Gasteiger partial charge in [-0.15, -0.1) is 13.2 Å². The molecule has 33 heavy (non-hydrogen) atoms. The summed E-state index contributed by atoms with van der Waals surface area (Å²) in [6.45, 7) is 1.96. The summed E-state index contributed by atoms with van der Waals surface area (Å²) in [5.41, 5.74) is 1.22. The van der Waals surface area contributed by atoms with Crippen LogP contribution in [0.2, 0.25) is 5.02 Å². The number of carbonyl (C=O) groups is 1. The first kappa shape index (κ1) is 23.5. The van der Waals surface area contributed by atoms with Crippen LogP contribution in [0.25, 0.3) is 0 Å². The van der Waals surface area contributed by atoms with E-state index in [0.29, 0.717) is 41.7 Å². The molecule has 2 heterocycles. The zero-order valence-electron chi connectivity index (χ0n) is 17.8. The van der Waals surface area contributed by atoms with Gasteiger partial charge in [-0.1, -0.05) is 24.1 Å². The third-order valence-corrected chi connectivity index (χ3v) is 5.98. The summed E-state index contributed by atoms with van der Waals surface area (Å²) in [5, 5.41) is 6.47. The van der Waals surface area contributed by atoms with Crippen LogP contribution in [-0.2, 0) is 4.79 Å². The van der Waals surface area contributed by atoms with Crippen LogP contribution in [0.4, 0.5) is 24.5 Å². The lowest BCUT2D eigenvalue weighted by atomic mass is 10.0. The molecular weight excluding hydrogens is 459 g/mol. The summed E-state index contributed by atoms with van der Waals surface area (Å²) < 4.78 is 47.5. The number of nitrogens with one attached hydrogen (secondary N) is 2. The summed E-state index contributed by atoms with van der Waals surface area (Å²) in [4.78, 5) is 14.3. The number of hydrogen-bond donors (Lipinski definition) is 2. The zero-order chi connectivity index (χ0) is 23.4. The van der Waals surface area contributed by atoms with E-state index in [-0.39, 0.29) is 23.8 Å². The molecule has 178 valence electrons. The van der Waals surface area contributed by atoms with Crippen LogP contribution >= 0.6 is 11.6 Å². The smallest absolute Gasteiger partial charge is 0.487 e. The second-order valence-electron chi connectivity index (χ2n) is 8.16. The molecule has 2 aliphatic rings. The first-order valence-corrected chi connectivity index (χ1v) is 11.3. The minimum Gasteiger partial charge on any atom is -0.487 e. The number of piperidine rings is 1. The van der Waals surface area contributed by atoms with Crippen molar-refractivity contribution in [3.8, 4) is 11.5 Å². The molecule has 2 atom stereocenters. The van der Waals surface area contributed by atoms with Gasteiger partial charge in [-0.2, -0.15) is 0 Å². The highest BCUT2D eigenvalue weighted by Crippen LogP contribution is 2.32. The monoisotopic (exact) mass is 483 g/mol. The average molecular weight is 484 g/mol. The SMILES string of the molecule is O=C(Nc1ccc(O[C@H]2CCN(c3cccc(OC(F)(F)F)c3)C2)c(Cl)c1)[C@H]1CCCCN1. The Morgan fingerprint density at radius 1 is 1.15 bits per heavy atom. The van der Waals surface area contributed by atoms with Crippen LogP contribution in [0.3, 0.4) is 0 Å². The van der Waals surface area contributed by atoms with Crippen LogP contribution in [0.5, 0.6) is 11.5 Å². The van der Waals surface area contributed by atoms with E-state index in [4.69, 9.17) is 16.3 Å². The molecule has 0 radical (unpaired) electrons. The van der Waals surface area contributed by atoms with Gasteiger partial charge >= 0.3 is 6.36 Å². The normalized spacial score (nSPS) is 21.0. The van der Waals surface area contributed by atoms with Gasteiger partial charge in [0.2, 0.25) is 5.91 Å². The van der Waals surface area contributed by atoms with Crippen molar-refractivity contribution in [2.24, 2.45) is 0 Å². The van der Waals surface area contributed by atoms with Crippen molar-refractivity contribution in [3.05, 3.63) is 47.5 Å². The quantitative estimate of drug-likeness (QED) is 0.607. The van der Waals surface area contributed by atoms with E-state index in [2.05, 4.69) is 15.4 Å². The highest BCUT2D eigenvalue weighted by molar-refractivity contribution is 6.32. The van der Waals surface area contributed by atoms with Crippen LogP contribution in [0, 0.1) is 0 Å². The Morgan fingerprint density at radius 3 is 2.73 bits per heavy atom. The number of hydrogen-bond acceptors (Lipinski definition) is 5. The number of rotatable bonds is 6. The van der Waals surface area contributed by atoms with Crippen molar-refractivity contribution in [2.45, 2.75) is 44.2 Å². The van der Waals surface area contributed by atoms with Gasteiger partial charge in [-0.05, 0) is 49.7 Å². The van der Waals surface area contributed by atoms with E-state index < -0.39 is 6.36 Å². The van der Waals surface area contributed by atoms with Gasteiger partial charge < -0.3 is 25.0 Å².